The molecule has 0 bridgehead atoms. The van der Waals surface area contributed by atoms with E-state index in [-0.39, 0.29) is 24.0 Å². The minimum atomic E-state index is -0.302. The van der Waals surface area contributed by atoms with Crippen molar-refractivity contribution in [2.75, 3.05) is 26.2 Å². The zero-order chi connectivity index (χ0) is 15.5. The maximum absolute atomic E-state index is 11.4. The normalized spacial score (nSPS) is 28.3. The van der Waals surface area contributed by atoms with Gasteiger partial charge in [-0.3, -0.25) is 4.79 Å². The number of rotatable bonds is 4. The largest absolute Gasteiger partial charge is 0.486 e. The Bertz CT molecular complexity index is 537. The molecule has 6 nitrogen and oxygen atoms in total. The molecule has 0 aromatic heterocycles. The van der Waals surface area contributed by atoms with Crippen molar-refractivity contribution in [2.45, 2.75) is 25.0 Å². The third-order valence-electron chi connectivity index (χ3n) is 4.45. The summed E-state index contributed by atoms with van der Waals surface area (Å²) < 4.78 is 11.7. The summed E-state index contributed by atoms with van der Waals surface area (Å²) in [5.74, 6) is 1.05. The van der Waals surface area contributed by atoms with Gasteiger partial charge in [-0.15, -0.1) is 0 Å². The van der Waals surface area contributed by atoms with Crippen LogP contribution in [-0.2, 0) is 4.79 Å². The first kappa shape index (κ1) is 15.1. The molecule has 120 valence electrons. The summed E-state index contributed by atoms with van der Waals surface area (Å²) in [6.07, 6.45) is 1.70. The van der Waals surface area contributed by atoms with Crippen molar-refractivity contribution in [1.29, 1.82) is 0 Å². The molecule has 0 saturated carbocycles. The summed E-state index contributed by atoms with van der Waals surface area (Å²) in [5, 5.41) is 0. The number of ether oxygens (including phenoxy) is 2. The molecular formula is C16H23N3O3. The Kier molecular flexibility index (Phi) is 4.49. The quantitative estimate of drug-likeness (QED) is 0.837. The number of hydrogen-bond donors (Lipinski definition) is 2. The first-order valence-corrected chi connectivity index (χ1v) is 7.79. The Morgan fingerprint density at radius 3 is 2.86 bits per heavy atom. The van der Waals surface area contributed by atoms with E-state index in [0.29, 0.717) is 13.2 Å². The summed E-state index contributed by atoms with van der Waals surface area (Å²) in [6, 6.07) is 7.59. The van der Waals surface area contributed by atoms with Crippen LogP contribution in [-0.4, -0.2) is 49.2 Å². The van der Waals surface area contributed by atoms with Crippen LogP contribution in [0.4, 0.5) is 0 Å². The number of carbonyl (C=O) groups is 1. The Hall–Kier alpha value is -1.79. The molecule has 1 aromatic rings. The number of benzene rings is 1. The van der Waals surface area contributed by atoms with Crippen LogP contribution in [0.15, 0.2) is 24.3 Å². The van der Waals surface area contributed by atoms with Crippen LogP contribution in [0.5, 0.6) is 11.5 Å². The Labute approximate surface area is 130 Å². The van der Waals surface area contributed by atoms with Gasteiger partial charge >= 0.3 is 0 Å². The van der Waals surface area contributed by atoms with Crippen LogP contribution in [0.3, 0.4) is 0 Å². The first-order valence-electron chi connectivity index (χ1n) is 7.79. The van der Waals surface area contributed by atoms with Crippen molar-refractivity contribution in [3.8, 4) is 11.5 Å². The second-order valence-corrected chi connectivity index (χ2v) is 6.05. The van der Waals surface area contributed by atoms with Crippen LogP contribution in [0.1, 0.15) is 12.8 Å². The van der Waals surface area contributed by atoms with Crippen molar-refractivity contribution in [1.82, 2.24) is 4.90 Å². The van der Waals surface area contributed by atoms with E-state index < -0.39 is 0 Å². The standard InChI is InChI=1S/C16H23N3O3/c17-13-6-8-19(9-12(13)16(18)20)7-5-11-10-21-14-3-1-2-4-15(14)22-11/h1-4,11-13H,5-10,17H2,(H2,18,20)/t11?,12-,13+/m1/s1. The number of nitrogens with two attached hydrogens (primary N) is 2. The molecule has 2 aliphatic heterocycles. The highest BCUT2D eigenvalue weighted by atomic mass is 16.6. The number of carbonyl (C=O) groups excluding carboxylic acids is 1. The Balaban J connectivity index is 1.50. The number of nitrogens with zero attached hydrogens (tertiary/aromatic N) is 1. The van der Waals surface area contributed by atoms with Gasteiger partial charge in [-0.2, -0.15) is 0 Å². The summed E-state index contributed by atoms with van der Waals surface area (Å²) in [5.41, 5.74) is 11.4. The third-order valence-corrected chi connectivity index (χ3v) is 4.45. The van der Waals surface area contributed by atoms with Crippen LogP contribution < -0.4 is 20.9 Å². The first-order chi connectivity index (χ1) is 10.6. The average molecular weight is 305 g/mol. The summed E-state index contributed by atoms with van der Waals surface area (Å²) in [4.78, 5) is 13.7. The SMILES string of the molecule is NC(=O)[C@@H]1CN(CCC2COc3ccccc3O2)CC[C@@H]1N. The predicted octanol–water partition coefficient (Wildman–Crippen LogP) is 0.351. The lowest BCUT2D eigenvalue weighted by Crippen LogP contribution is -2.52. The van der Waals surface area contributed by atoms with Crippen molar-refractivity contribution >= 4 is 5.91 Å². The molecule has 6 heteroatoms. The van der Waals surface area contributed by atoms with Crippen molar-refractivity contribution in [3.63, 3.8) is 0 Å². The minimum Gasteiger partial charge on any atom is -0.486 e. The van der Waals surface area contributed by atoms with Gasteiger partial charge in [0, 0.05) is 25.6 Å². The summed E-state index contributed by atoms with van der Waals surface area (Å²) in [6.45, 7) is 2.95. The summed E-state index contributed by atoms with van der Waals surface area (Å²) >= 11 is 0. The van der Waals surface area contributed by atoms with E-state index in [1.54, 1.807) is 0 Å². The number of likely N-dealkylation sites (tertiary alicyclic amines) is 1. The molecule has 0 spiro atoms. The molecule has 3 atom stereocenters. The molecule has 1 fully saturated rings. The van der Waals surface area contributed by atoms with Gasteiger partial charge in [0.05, 0.1) is 5.92 Å². The molecule has 2 aliphatic rings. The van der Waals surface area contributed by atoms with E-state index in [0.717, 1.165) is 37.4 Å². The Morgan fingerprint density at radius 2 is 2.09 bits per heavy atom. The average Bonchev–Trinajstić information content (AvgIpc) is 2.53. The lowest BCUT2D eigenvalue weighted by atomic mass is 9.92. The number of para-hydroxylation sites is 2. The molecule has 0 aliphatic carbocycles. The second-order valence-electron chi connectivity index (χ2n) is 6.05. The number of amides is 1. The highest BCUT2D eigenvalue weighted by molar-refractivity contribution is 5.77. The fourth-order valence-electron chi connectivity index (χ4n) is 3.07. The van der Waals surface area contributed by atoms with Crippen molar-refractivity contribution in [2.24, 2.45) is 17.4 Å². The highest BCUT2D eigenvalue weighted by Gasteiger charge is 2.31. The number of hydrogen-bond acceptors (Lipinski definition) is 5. The van der Waals surface area contributed by atoms with Crippen molar-refractivity contribution in [3.05, 3.63) is 24.3 Å². The monoisotopic (exact) mass is 305 g/mol. The van der Waals surface area contributed by atoms with Crippen LogP contribution in [0.25, 0.3) is 0 Å². The molecule has 22 heavy (non-hydrogen) atoms. The molecule has 3 rings (SSSR count). The Morgan fingerprint density at radius 1 is 1.32 bits per heavy atom. The number of fused-ring (bicyclic) bond motifs is 1. The molecular weight excluding hydrogens is 282 g/mol. The second kappa shape index (κ2) is 6.54. The molecule has 4 N–H and O–H groups in total. The highest BCUT2D eigenvalue weighted by Crippen LogP contribution is 2.31. The summed E-state index contributed by atoms with van der Waals surface area (Å²) in [7, 11) is 0. The zero-order valence-corrected chi connectivity index (χ0v) is 12.6. The van der Waals surface area contributed by atoms with E-state index in [9.17, 15) is 4.79 Å². The van der Waals surface area contributed by atoms with E-state index in [1.807, 2.05) is 24.3 Å². The van der Waals surface area contributed by atoms with Gasteiger partial charge in [-0.1, -0.05) is 12.1 Å². The molecule has 1 aromatic carbocycles. The van der Waals surface area contributed by atoms with Crippen LogP contribution in [0.2, 0.25) is 0 Å². The topological polar surface area (TPSA) is 90.8 Å². The van der Waals surface area contributed by atoms with Gasteiger partial charge in [0.25, 0.3) is 0 Å². The molecule has 1 saturated heterocycles. The van der Waals surface area contributed by atoms with Gasteiger partial charge in [0.15, 0.2) is 11.5 Å². The van der Waals surface area contributed by atoms with E-state index in [4.69, 9.17) is 20.9 Å². The van der Waals surface area contributed by atoms with E-state index in [2.05, 4.69) is 4.90 Å². The predicted molar refractivity (Wildman–Crippen MR) is 82.7 cm³/mol. The molecule has 1 amide bonds. The molecule has 2 heterocycles. The number of primary amides is 1. The van der Waals surface area contributed by atoms with Gasteiger partial charge < -0.3 is 25.8 Å². The zero-order valence-electron chi connectivity index (χ0n) is 12.6. The van der Waals surface area contributed by atoms with Gasteiger partial charge in [0.2, 0.25) is 5.91 Å². The van der Waals surface area contributed by atoms with Crippen LogP contribution in [0, 0.1) is 5.92 Å². The van der Waals surface area contributed by atoms with Crippen LogP contribution >= 0.6 is 0 Å². The fraction of sp³-hybridized carbons (Fsp3) is 0.562. The maximum atomic E-state index is 11.4. The fourth-order valence-corrected chi connectivity index (χ4v) is 3.07. The lowest BCUT2D eigenvalue weighted by molar-refractivity contribution is -0.124. The van der Waals surface area contributed by atoms with Crippen molar-refractivity contribution < 1.29 is 14.3 Å². The van der Waals surface area contributed by atoms with Gasteiger partial charge in [-0.05, 0) is 25.1 Å². The maximum Gasteiger partial charge on any atom is 0.223 e. The van der Waals surface area contributed by atoms with E-state index >= 15 is 0 Å². The molecule has 1 unspecified atom stereocenters. The molecule has 0 radical (unpaired) electrons. The smallest absolute Gasteiger partial charge is 0.223 e. The third kappa shape index (κ3) is 3.34. The van der Waals surface area contributed by atoms with Gasteiger partial charge in [-0.25, -0.2) is 0 Å². The lowest BCUT2D eigenvalue weighted by Gasteiger charge is -2.36. The van der Waals surface area contributed by atoms with Gasteiger partial charge in [0.1, 0.15) is 12.7 Å². The number of piperidine rings is 1. The minimum absolute atomic E-state index is 0.0394. The van der Waals surface area contributed by atoms with E-state index in [1.165, 1.54) is 0 Å².